The Hall–Kier alpha value is -5.10. The van der Waals surface area contributed by atoms with Gasteiger partial charge < -0.3 is 15.4 Å². The quantitative estimate of drug-likeness (QED) is 0.226. The summed E-state index contributed by atoms with van der Waals surface area (Å²) in [5, 5.41) is 7.83. The normalized spacial score (nSPS) is 10.6. The number of fused-ring (bicyclic) bond motifs is 1. The van der Waals surface area contributed by atoms with Gasteiger partial charge in [0.2, 0.25) is 0 Å². The van der Waals surface area contributed by atoms with E-state index in [1.54, 1.807) is 4.90 Å². The summed E-state index contributed by atoms with van der Waals surface area (Å²) in [7, 11) is 0. The fourth-order valence-corrected chi connectivity index (χ4v) is 4.29. The maximum absolute atomic E-state index is 13.4. The van der Waals surface area contributed by atoms with E-state index in [1.165, 1.54) is 0 Å². The van der Waals surface area contributed by atoms with Crippen LogP contribution in [0.15, 0.2) is 121 Å². The summed E-state index contributed by atoms with van der Waals surface area (Å²) < 4.78 is 5.90. The molecule has 2 N–H and O–H groups in total. The number of para-hydroxylation sites is 1. The Bertz CT molecular complexity index is 1560. The van der Waals surface area contributed by atoms with Gasteiger partial charge in [-0.3, -0.25) is 9.69 Å². The second kappa shape index (κ2) is 12.0. The molecule has 5 aromatic carbocycles. The number of ether oxygens (including phenoxy) is 1. The summed E-state index contributed by atoms with van der Waals surface area (Å²) in [6.07, 6.45) is 0. The lowest BCUT2D eigenvalue weighted by Gasteiger charge is -2.24. The van der Waals surface area contributed by atoms with E-state index in [4.69, 9.17) is 4.74 Å². The van der Waals surface area contributed by atoms with Crippen molar-refractivity contribution >= 4 is 34.1 Å². The van der Waals surface area contributed by atoms with Crippen LogP contribution in [0, 0.1) is 6.92 Å². The number of nitrogens with one attached hydrogen (secondary N) is 2. The fraction of sp³-hybridized carbons (Fsp3) is 0.0909. The predicted molar refractivity (Wildman–Crippen MR) is 157 cm³/mol. The van der Waals surface area contributed by atoms with Crippen molar-refractivity contribution in [1.29, 1.82) is 0 Å². The lowest BCUT2D eigenvalue weighted by atomic mass is 10.0. The van der Waals surface area contributed by atoms with Gasteiger partial charge in [0.15, 0.2) is 0 Å². The molecule has 0 heterocycles. The number of nitrogens with zero attached hydrogens (tertiary/aromatic N) is 1. The van der Waals surface area contributed by atoms with Crippen LogP contribution in [0.4, 0.5) is 16.2 Å². The van der Waals surface area contributed by atoms with E-state index in [9.17, 15) is 9.59 Å². The fourth-order valence-electron chi connectivity index (χ4n) is 4.29. The van der Waals surface area contributed by atoms with Gasteiger partial charge in [-0.1, -0.05) is 72.3 Å². The summed E-state index contributed by atoms with van der Waals surface area (Å²) in [6, 6.07) is 37.6. The SMILES string of the molecule is Cc1ccc(NC(=O)N(CCNC(=O)c2cccc3ccccc23)c2ccc(Oc3ccccc3)cc2)cc1. The smallest absolute Gasteiger partial charge is 0.326 e. The number of benzene rings is 5. The molecule has 0 atom stereocenters. The van der Waals surface area contributed by atoms with E-state index >= 15 is 0 Å². The Balaban J connectivity index is 1.31. The van der Waals surface area contributed by atoms with Crippen molar-refractivity contribution in [3.8, 4) is 11.5 Å². The monoisotopic (exact) mass is 515 g/mol. The van der Waals surface area contributed by atoms with Crippen molar-refractivity contribution in [3.05, 3.63) is 132 Å². The molecule has 6 nitrogen and oxygen atoms in total. The van der Waals surface area contributed by atoms with Gasteiger partial charge in [-0.2, -0.15) is 0 Å². The average molecular weight is 516 g/mol. The average Bonchev–Trinajstić information content (AvgIpc) is 2.97. The van der Waals surface area contributed by atoms with E-state index in [-0.39, 0.29) is 25.0 Å². The van der Waals surface area contributed by atoms with Crippen LogP contribution < -0.4 is 20.3 Å². The summed E-state index contributed by atoms with van der Waals surface area (Å²) >= 11 is 0. The number of hydrogen-bond acceptors (Lipinski definition) is 3. The standard InChI is InChI=1S/C33H29N3O3/c1-24-14-16-26(17-15-24)35-33(38)36(27-18-20-29(21-19-27)39-28-10-3-2-4-11-28)23-22-34-32(37)31-13-7-9-25-8-5-6-12-30(25)31/h2-21H,22-23H2,1H3,(H,34,37)(H,35,38). The zero-order valence-corrected chi connectivity index (χ0v) is 21.6. The predicted octanol–water partition coefficient (Wildman–Crippen LogP) is 7.41. The van der Waals surface area contributed by atoms with Crippen LogP contribution in [-0.4, -0.2) is 25.0 Å². The summed E-state index contributed by atoms with van der Waals surface area (Å²) in [4.78, 5) is 28.0. The number of amides is 3. The van der Waals surface area contributed by atoms with Crippen molar-refractivity contribution in [2.75, 3.05) is 23.3 Å². The summed E-state index contributed by atoms with van der Waals surface area (Å²) in [6.45, 7) is 2.54. The van der Waals surface area contributed by atoms with Gasteiger partial charge in [0.1, 0.15) is 11.5 Å². The molecule has 0 saturated carbocycles. The van der Waals surface area contributed by atoms with Crippen LogP contribution in [0.1, 0.15) is 15.9 Å². The Morgan fingerprint density at radius 2 is 1.38 bits per heavy atom. The maximum Gasteiger partial charge on any atom is 0.326 e. The molecule has 0 unspecified atom stereocenters. The second-order valence-corrected chi connectivity index (χ2v) is 9.14. The van der Waals surface area contributed by atoms with E-state index in [1.807, 2.05) is 128 Å². The van der Waals surface area contributed by atoms with E-state index < -0.39 is 0 Å². The van der Waals surface area contributed by atoms with Crippen LogP contribution in [0.2, 0.25) is 0 Å². The van der Waals surface area contributed by atoms with Crippen molar-refractivity contribution in [2.45, 2.75) is 6.92 Å². The zero-order valence-electron chi connectivity index (χ0n) is 21.6. The van der Waals surface area contributed by atoms with Gasteiger partial charge in [0.25, 0.3) is 5.91 Å². The van der Waals surface area contributed by atoms with Gasteiger partial charge in [-0.15, -0.1) is 0 Å². The molecule has 0 aliphatic heterocycles. The first-order valence-corrected chi connectivity index (χ1v) is 12.8. The van der Waals surface area contributed by atoms with Gasteiger partial charge in [-0.25, -0.2) is 4.79 Å². The topological polar surface area (TPSA) is 70.7 Å². The molecule has 0 aliphatic rings. The van der Waals surface area contributed by atoms with Crippen LogP contribution in [0.5, 0.6) is 11.5 Å². The van der Waals surface area contributed by atoms with Crippen molar-refractivity contribution in [2.24, 2.45) is 0 Å². The molecule has 194 valence electrons. The lowest BCUT2D eigenvalue weighted by molar-refractivity contribution is 0.0956. The molecule has 0 saturated heterocycles. The number of carbonyl (C=O) groups excluding carboxylic acids is 2. The molecule has 3 amide bonds. The minimum Gasteiger partial charge on any atom is -0.457 e. The largest absolute Gasteiger partial charge is 0.457 e. The molecule has 0 spiro atoms. The van der Waals surface area contributed by atoms with Crippen LogP contribution in [-0.2, 0) is 0 Å². The summed E-state index contributed by atoms with van der Waals surface area (Å²) in [5.74, 6) is 1.21. The van der Waals surface area contributed by atoms with E-state index in [0.717, 1.165) is 22.1 Å². The van der Waals surface area contributed by atoms with Gasteiger partial charge in [-0.05, 0) is 72.3 Å². The number of hydrogen-bond donors (Lipinski definition) is 2. The third-order valence-electron chi connectivity index (χ3n) is 6.33. The van der Waals surface area contributed by atoms with Crippen LogP contribution >= 0.6 is 0 Å². The van der Waals surface area contributed by atoms with Crippen molar-refractivity contribution in [3.63, 3.8) is 0 Å². The Morgan fingerprint density at radius 1 is 0.718 bits per heavy atom. The molecule has 5 aromatic rings. The number of urea groups is 1. The van der Waals surface area contributed by atoms with Gasteiger partial charge in [0.05, 0.1) is 0 Å². The van der Waals surface area contributed by atoms with E-state index in [2.05, 4.69) is 10.6 Å². The van der Waals surface area contributed by atoms with Crippen molar-refractivity contribution < 1.29 is 14.3 Å². The number of anilines is 2. The second-order valence-electron chi connectivity index (χ2n) is 9.14. The number of aryl methyl sites for hydroxylation is 1. The van der Waals surface area contributed by atoms with Gasteiger partial charge >= 0.3 is 6.03 Å². The highest BCUT2D eigenvalue weighted by Crippen LogP contribution is 2.25. The number of carbonyl (C=O) groups is 2. The first-order chi connectivity index (χ1) is 19.1. The molecular formula is C33H29N3O3. The zero-order chi connectivity index (χ0) is 27.0. The molecule has 5 rings (SSSR count). The van der Waals surface area contributed by atoms with Crippen molar-refractivity contribution in [1.82, 2.24) is 5.32 Å². The maximum atomic E-state index is 13.4. The minimum atomic E-state index is -0.296. The lowest BCUT2D eigenvalue weighted by Crippen LogP contribution is -2.41. The molecule has 0 aliphatic carbocycles. The van der Waals surface area contributed by atoms with Gasteiger partial charge in [0, 0.05) is 30.0 Å². The minimum absolute atomic E-state index is 0.183. The summed E-state index contributed by atoms with van der Waals surface area (Å²) in [5.41, 5.74) is 3.08. The molecule has 6 heteroatoms. The molecular weight excluding hydrogens is 486 g/mol. The third kappa shape index (κ3) is 6.43. The molecule has 0 fully saturated rings. The van der Waals surface area contributed by atoms with Crippen LogP contribution in [0.25, 0.3) is 10.8 Å². The Labute approximate surface area is 227 Å². The molecule has 0 aromatic heterocycles. The molecule has 39 heavy (non-hydrogen) atoms. The molecule has 0 bridgehead atoms. The first kappa shape index (κ1) is 25.5. The highest BCUT2D eigenvalue weighted by atomic mass is 16.5. The van der Waals surface area contributed by atoms with E-state index in [0.29, 0.717) is 22.7 Å². The highest BCUT2D eigenvalue weighted by molar-refractivity contribution is 6.07. The first-order valence-electron chi connectivity index (χ1n) is 12.8. The molecule has 0 radical (unpaired) electrons. The highest BCUT2D eigenvalue weighted by Gasteiger charge is 2.17. The third-order valence-corrected chi connectivity index (χ3v) is 6.33. The Kier molecular flexibility index (Phi) is 7.84. The Morgan fingerprint density at radius 3 is 2.15 bits per heavy atom. The van der Waals surface area contributed by atoms with Crippen LogP contribution in [0.3, 0.4) is 0 Å². The number of rotatable bonds is 8.